The van der Waals surface area contributed by atoms with Crippen molar-refractivity contribution in [1.82, 2.24) is 9.97 Å². The average molecular weight is 477 g/mol. The van der Waals surface area contributed by atoms with Crippen LogP contribution in [0.15, 0.2) is 52.4 Å². The number of anilines is 1. The van der Waals surface area contributed by atoms with Crippen LogP contribution in [-0.2, 0) is 0 Å². The molecule has 6 nitrogen and oxygen atoms in total. The fourth-order valence-corrected chi connectivity index (χ4v) is 2.73. The van der Waals surface area contributed by atoms with E-state index in [2.05, 4.69) is 20.5 Å². The van der Waals surface area contributed by atoms with Crippen LogP contribution in [0, 0.1) is 26.5 Å². The van der Waals surface area contributed by atoms with Gasteiger partial charge in [-0.3, -0.25) is 9.78 Å². The summed E-state index contributed by atoms with van der Waals surface area (Å²) in [5.41, 5.74) is 2.57. The van der Waals surface area contributed by atoms with Gasteiger partial charge in [-0.15, -0.1) is 0 Å². The van der Waals surface area contributed by atoms with Crippen LogP contribution in [0.3, 0.4) is 0 Å². The Balaban J connectivity index is 1.93. The summed E-state index contributed by atoms with van der Waals surface area (Å²) in [5, 5.41) is 13.0. The Morgan fingerprint density at radius 1 is 1.22 bits per heavy atom. The molecule has 1 aromatic heterocycles. The van der Waals surface area contributed by atoms with Crippen molar-refractivity contribution in [2.75, 3.05) is 5.43 Å². The Kier molecular flexibility index (Phi) is 5.56. The molecule has 0 atom stereocenters. The quantitative estimate of drug-likeness (QED) is 0.260. The first kappa shape index (κ1) is 18.7. The van der Waals surface area contributed by atoms with Crippen LogP contribution >= 0.6 is 22.6 Å². The van der Waals surface area contributed by atoms with E-state index in [0.717, 1.165) is 12.3 Å². The summed E-state index contributed by atoms with van der Waals surface area (Å²) >= 11 is 1.74. The lowest BCUT2D eigenvalue weighted by Crippen LogP contribution is -2.16. The van der Waals surface area contributed by atoms with Crippen molar-refractivity contribution in [1.29, 1.82) is 5.26 Å². The highest BCUT2D eigenvalue weighted by Crippen LogP contribution is 2.19. The van der Waals surface area contributed by atoms with Crippen molar-refractivity contribution in [3.05, 3.63) is 79.1 Å². The molecule has 0 unspecified atom stereocenters. The maximum atomic E-state index is 13.7. The molecular weight excluding hydrogens is 467 g/mol. The predicted octanol–water partition coefficient (Wildman–Crippen LogP) is 3.64. The number of halogens is 3. The van der Waals surface area contributed by atoms with Crippen LogP contribution in [0.5, 0.6) is 0 Å². The van der Waals surface area contributed by atoms with E-state index in [1.54, 1.807) is 52.9 Å². The summed E-state index contributed by atoms with van der Waals surface area (Å²) in [6, 6.07) is 12.6. The van der Waals surface area contributed by atoms with Gasteiger partial charge in [-0.05, 0) is 28.7 Å². The average Bonchev–Trinajstić information content (AvgIpc) is 2.66. The highest BCUT2D eigenvalue weighted by Gasteiger charge is 2.13. The minimum absolute atomic E-state index is 0.0219. The van der Waals surface area contributed by atoms with Gasteiger partial charge in [0, 0.05) is 20.8 Å². The Labute approximate surface area is 165 Å². The lowest BCUT2D eigenvalue weighted by molar-refractivity contribution is 0.577. The normalized spacial score (nSPS) is 10.7. The standard InChI is InChI=1S/C18H10F2IN5O/c19-13-7-14(20)15(21)6-11(13)9-23-26-18-24-16(10-4-2-1-3-5-10)12(8-22)17(27)25-18/h1-7,9H,(H2,24,25,26,27). The highest BCUT2D eigenvalue weighted by atomic mass is 127. The third kappa shape index (κ3) is 4.17. The van der Waals surface area contributed by atoms with Crippen LogP contribution in [0.1, 0.15) is 11.1 Å². The van der Waals surface area contributed by atoms with Gasteiger partial charge in [0.15, 0.2) is 0 Å². The number of H-pyrrole nitrogens is 1. The molecule has 3 rings (SSSR count). The Morgan fingerprint density at radius 3 is 2.67 bits per heavy atom. The molecule has 2 aromatic carbocycles. The fourth-order valence-electron chi connectivity index (χ4n) is 2.23. The van der Waals surface area contributed by atoms with Gasteiger partial charge in [0.25, 0.3) is 5.56 Å². The zero-order valence-electron chi connectivity index (χ0n) is 13.5. The van der Waals surface area contributed by atoms with E-state index < -0.39 is 17.2 Å². The number of hydrogen-bond acceptors (Lipinski definition) is 5. The number of hydrazone groups is 1. The molecule has 0 amide bonds. The Hall–Kier alpha value is -3.13. The third-order valence-corrected chi connectivity index (χ3v) is 4.32. The molecular formula is C18H10F2IN5O. The first-order valence-electron chi connectivity index (χ1n) is 7.53. The van der Waals surface area contributed by atoms with Gasteiger partial charge < -0.3 is 0 Å². The highest BCUT2D eigenvalue weighted by molar-refractivity contribution is 14.1. The number of nitriles is 1. The SMILES string of the molecule is N#Cc1c(-c2ccccc2)nc(NN=Cc2cc(I)c(F)cc2F)[nH]c1=O. The maximum absolute atomic E-state index is 13.7. The van der Waals surface area contributed by atoms with Gasteiger partial charge in [-0.1, -0.05) is 30.3 Å². The molecule has 2 N–H and O–H groups in total. The van der Waals surface area contributed by atoms with Crippen molar-refractivity contribution in [3.8, 4) is 17.3 Å². The second kappa shape index (κ2) is 8.05. The van der Waals surface area contributed by atoms with Crippen LogP contribution in [0.4, 0.5) is 14.7 Å². The van der Waals surface area contributed by atoms with Gasteiger partial charge >= 0.3 is 0 Å². The lowest BCUT2D eigenvalue weighted by Gasteiger charge is -2.06. The van der Waals surface area contributed by atoms with Crippen molar-refractivity contribution in [2.24, 2.45) is 5.10 Å². The lowest BCUT2D eigenvalue weighted by atomic mass is 10.1. The van der Waals surface area contributed by atoms with Crippen molar-refractivity contribution in [3.63, 3.8) is 0 Å². The molecule has 0 saturated carbocycles. The zero-order valence-corrected chi connectivity index (χ0v) is 15.7. The molecule has 0 fully saturated rings. The topological polar surface area (TPSA) is 93.9 Å². The monoisotopic (exact) mass is 477 g/mol. The molecule has 27 heavy (non-hydrogen) atoms. The van der Waals surface area contributed by atoms with E-state index >= 15 is 0 Å². The zero-order chi connectivity index (χ0) is 19.4. The Bertz CT molecular complexity index is 1120. The predicted molar refractivity (Wildman–Crippen MR) is 105 cm³/mol. The van der Waals surface area contributed by atoms with E-state index in [9.17, 15) is 18.8 Å². The van der Waals surface area contributed by atoms with Gasteiger partial charge in [-0.25, -0.2) is 19.2 Å². The van der Waals surface area contributed by atoms with Crippen LogP contribution in [0.2, 0.25) is 0 Å². The van der Waals surface area contributed by atoms with E-state index in [4.69, 9.17) is 0 Å². The summed E-state index contributed by atoms with van der Waals surface area (Å²) in [6.07, 6.45) is 1.14. The van der Waals surface area contributed by atoms with E-state index in [1.807, 2.05) is 6.07 Å². The van der Waals surface area contributed by atoms with Gasteiger partial charge in [-0.2, -0.15) is 10.4 Å². The first-order chi connectivity index (χ1) is 13.0. The van der Waals surface area contributed by atoms with Crippen molar-refractivity contribution < 1.29 is 8.78 Å². The Morgan fingerprint density at radius 2 is 1.96 bits per heavy atom. The molecule has 0 spiro atoms. The molecule has 0 radical (unpaired) electrons. The maximum Gasteiger partial charge on any atom is 0.270 e. The minimum atomic E-state index is -0.773. The van der Waals surface area contributed by atoms with Crippen molar-refractivity contribution >= 4 is 34.8 Å². The van der Waals surface area contributed by atoms with Gasteiger partial charge in [0.2, 0.25) is 5.95 Å². The second-order valence-corrected chi connectivity index (χ2v) is 6.44. The number of nitrogens with one attached hydrogen (secondary N) is 2. The fraction of sp³-hybridized carbons (Fsp3) is 0. The summed E-state index contributed by atoms with van der Waals surface area (Å²) in [5.74, 6) is -1.46. The number of aromatic nitrogens is 2. The molecule has 1 heterocycles. The number of hydrogen-bond donors (Lipinski definition) is 2. The molecule has 0 aliphatic heterocycles. The molecule has 0 bridgehead atoms. The van der Waals surface area contributed by atoms with Crippen LogP contribution in [0.25, 0.3) is 11.3 Å². The summed E-state index contributed by atoms with van der Waals surface area (Å²) in [6.45, 7) is 0. The second-order valence-electron chi connectivity index (χ2n) is 5.27. The molecule has 0 aliphatic rings. The van der Waals surface area contributed by atoms with Crippen LogP contribution < -0.4 is 11.0 Å². The first-order valence-corrected chi connectivity index (χ1v) is 8.61. The molecule has 9 heteroatoms. The van der Waals surface area contributed by atoms with Crippen LogP contribution in [-0.4, -0.2) is 16.2 Å². The number of benzene rings is 2. The number of rotatable bonds is 4. The third-order valence-electron chi connectivity index (χ3n) is 3.49. The smallest absolute Gasteiger partial charge is 0.270 e. The molecule has 134 valence electrons. The molecule has 0 saturated heterocycles. The van der Waals surface area contributed by atoms with E-state index in [1.165, 1.54) is 6.07 Å². The van der Waals surface area contributed by atoms with Gasteiger partial charge in [0.05, 0.1) is 11.9 Å². The minimum Gasteiger partial charge on any atom is -0.290 e. The van der Waals surface area contributed by atoms with E-state index in [0.29, 0.717) is 5.56 Å². The molecule has 3 aromatic rings. The number of aromatic amines is 1. The molecule has 0 aliphatic carbocycles. The largest absolute Gasteiger partial charge is 0.290 e. The summed E-state index contributed by atoms with van der Waals surface area (Å²) in [7, 11) is 0. The summed E-state index contributed by atoms with van der Waals surface area (Å²) in [4.78, 5) is 18.7. The van der Waals surface area contributed by atoms with Crippen molar-refractivity contribution in [2.45, 2.75) is 0 Å². The van der Waals surface area contributed by atoms with Gasteiger partial charge in [0.1, 0.15) is 23.3 Å². The van der Waals surface area contributed by atoms with E-state index in [-0.39, 0.29) is 26.3 Å². The number of nitrogens with zero attached hydrogens (tertiary/aromatic N) is 3. The summed E-state index contributed by atoms with van der Waals surface area (Å²) < 4.78 is 27.3.